The van der Waals surface area contributed by atoms with Crippen LogP contribution in [0.4, 0.5) is 0 Å². The molecule has 0 unspecified atom stereocenters. The quantitative estimate of drug-likeness (QED) is 0.755. The highest BCUT2D eigenvalue weighted by Gasteiger charge is 2.00. The SMILES string of the molecule is Cn1ccnc1.O=C(O)CCC(=O)O.c1c[nH]cn1. The Balaban J connectivity index is 0.000000262. The monoisotopic (exact) mass is 268 g/mol. The molecule has 0 radical (unpaired) electrons. The standard InChI is InChI=1S/C4H6N2.C4H6O4.C3H4N2/c1-6-3-2-5-4-6;5-3(6)1-2-4(7)8;1-2-5-3-4-1/h2-4H,1H3;1-2H2,(H,5,6)(H,7,8);1-3H,(H,4,5). The molecule has 0 spiro atoms. The zero-order valence-electron chi connectivity index (χ0n) is 10.4. The van der Waals surface area contributed by atoms with Crippen molar-refractivity contribution >= 4 is 11.9 Å². The summed E-state index contributed by atoms with van der Waals surface area (Å²) in [7, 11) is 1.94. The van der Waals surface area contributed by atoms with E-state index in [1.807, 2.05) is 17.8 Å². The Bertz CT molecular complexity index is 408. The van der Waals surface area contributed by atoms with Crippen molar-refractivity contribution in [2.75, 3.05) is 0 Å². The topological polar surface area (TPSA) is 121 Å². The maximum Gasteiger partial charge on any atom is 0.303 e. The van der Waals surface area contributed by atoms with Gasteiger partial charge in [0.1, 0.15) is 0 Å². The van der Waals surface area contributed by atoms with E-state index in [2.05, 4.69) is 15.0 Å². The van der Waals surface area contributed by atoms with Gasteiger partial charge in [0.25, 0.3) is 0 Å². The Morgan fingerprint density at radius 3 is 1.95 bits per heavy atom. The Labute approximate surface area is 109 Å². The molecule has 8 nitrogen and oxygen atoms in total. The van der Waals surface area contributed by atoms with Gasteiger partial charge in [-0.3, -0.25) is 9.59 Å². The molecule has 8 heteroatoms. The van der Waals surface area contributed by atoms with E-state index in [9.17, 15) is 9.59 Å². The van der Waals surface area contributed by atoms with E-state index in [4.69, 9.17) is 10.2 Å². The molecule has 0 saturated heterocycles. The number of aromatic nitrogens is 4. The highest BCUT2D eigenvalue weighted by Crippen LogP contribution is 1.86. The molecule has 0 fully saturated rings. The van der Waals surface area contributed by atoms with Crippen LogP contribution in [0.15, 0.2) is 37.4 Å². The van der Waals surface area contributed by atoms with Crippen LogP contribution in [0, 0.1) is 0 Å². The Morgan fingerprint density at radius 2 is 1.79 bits per heavy atom. The van der Waals surface area contributed by atoms with Gasteiger partial charge in [0.15, 0.2) is 0 Å². The fraction of sp³-hybridized carbons (Fsp3) is 0.273. The molecule has 2 aromatic rings. The first-order valence-corrected chi connectivity index (χ1v) is 5.30. The summed E-state index contributed by atoms with van der Waals surface area (Å²) in [4.78, 5) is 29.5. The number of carboxylic acids is 2. The predicted molar refractivity (Wildman–Crippen MR) is 66.3 cm³/mol. The maximum atomic E-state index is 9.64. The molecule has 0 bridgehead atoms. The zero-order chi connectivity index (χ0) is 14.5. The van der Waals surface area contributed by atoms with Crippen molar-refractivity contribution < 1.29 is 19.8 Å². The van der Waals surface area contributed by atoms with Crippen LogP contribution in [0.25, 0.3) is 0 Å². The minimum Gasteiger partial charge on any atom is -0.481 e. The minimum absolute atomic E-state index is 0.296. The number of imidazole rings is 2. The van der Waals surface area contributed by atoms with Crippen LogP contribution in [0.1, 0.15) is 12.8 Å². The number of nitrogens with one attached hydrogen (secondary N) is 1. The molecule has 0 aromatic carbocycles. The van der Waals surface area contributed by atoms with Crippen molar-refractivity contribution in [2.45, 2.75) is 12.8 Å². The summed E-state index contributed by atoms with van der Waals surface area (Å²) < 4.78 is 1.89. The van der Waals surface area contributed by atoms with E-state index in [1.54, 1.807) is 31.2 Å². The molecular weight excluding hydrogens is 252 g/mol. The second kappa shape index (κ2) is 10.5. The highest BCUT2D eigenvalue weighted by atomic mass is 16.4. The van der Waals surface area contributed by atoms with Crippen LogP contribution in [-0.2, 0) is 16.6 Å². The van der Waals surface area contributed by atoms with Gasteiger partial charge in [0.2, 0.25) is 0 Å². The molecular formula is C11H16N4O4. The van der Waals surface area contributed by atoms with Gasteiger partial charge in [-0.05, 0) is 0 Å². The van der Waals surface area contributed by atoms with E-state index in [0.717, 1.165) is 0 Å². The predicted octanol–water partition coefficient (Wildman–Crippen LogP) is 0.766. The van der Waals surface area contributed by atoms with Crippen molar-refractivity contribution in [3.8, 4) is 0 Å². The highest BCUT2D eigenvalue weighted by molar-refractivity contribution is 5.75. The third kappa shape index (κ3) is 13.3. The molecule has 0 aliphatic heterocycles. The summed E-state index contributed by atoms with van der Waals surface area (Å²) in [5.41, 5.74) is 0. The number of carboxylic acid groups (broad SMARTS) is 2. The Morgan fingerprint density at radius 1 is 1.16 bits per heavy atom. The van der Waals surface area contributed by atoms with Crippen LogP contribution in [-0.4, -0.2) is 41.7 Å². The van der Waals surface area contributed by atoms with Crippen molar-refractivity contribution in [1.29, 1.82) is 0 Å². The second-order valence-electron chi connectivity index (χ2n) is 3.28. The van der Waals surface area contributed by atoms with Gasteiger partial charge >= 0.3 is 11.9 Å². The van der Waals surface area contributed by atoms with Crippen LogP contribution in [0.2, 0.25) is 0 Å². The first-order chi connectivity index (χ1) is 9.02. The van der Waals surface area contributed by atoms with Gasteiger partial charge in [-0.25, -0.2) is 9.97 Å². The number of aryl methyl sites for hydroxylation is 1. The van der Waals surface area contributed by atoms with E-state index in [1.165, 1.54) is 0 Å². The number of carbonyl (C=O) groups is 2. The van der Waals surface area contributed by atoms with Crippen LogP contribution < -0.4 is 0 Å². The van der Waals surface area contributed by atoms with Gasteiger partial charge < -0.3 is 19.8 Å². The lowest BCUT2D eigenvalue weighted by atomic mass is 10.3. The molecule has 2 rings (SSSR count). The van der Waals surface area contributed by atoms with Crippen molar-refractivity contribution in [3.05, 3.63) is 37.4 Å². The first kappa shape index (κ1) is 16.4. The lowest BCUT2D eigenvalue weighted by Gasteiger charge is -1.85. The molecule has 2 heterocycles. The lowest BCUT2D eigenvalue weighted by molar-refractivity contribution is -0.143. The average molecular weight is 268 g/mol. The lowest BCUT2D eigenvalue weighted by Crippen LogP contribution is -2.00. The summed E-state index contributed by atoms with van der Waals surface area (Å²) >= 11 is 0. The third-order valence-corrected chi connectivity index (χ3v) is 1.60. The van der Waals surface area contributed by atoms with Gasteiger partial charge in [0, 0.05) is 31.8 Å². The number of nitrogens with zero attached hydrogens (tertiary/aromatic N) is 3. The summed E-state index contributed by atoms with van der Waals surface area (Å²) in [5, 5.41) is 15.8. The van der Waals surface area contributed by atoms with Gasteiger partial charge in [-0.2, -0.15) is 0 Å². The number of aromatic amines is 1. The number of rotatable bonds is 3. The molecule has 0 saturated carbocycles. The van der Waals surface area contributed by atoms with Crippen LogP contribution in [0.5, 0.6) is 0 Å². The van der Waals surface area contributed by atoms with Gasteiger partial charge in [0.05, 0.1) is 25.5 Å². The number of hydrogen-bond acceptors (Lipinski definition) is 4. The average Bonchev–Trinajstić information content (AvgIpc) is 3.02. The van der Waals surface area contributed by atoms with Crippen molar-refractivity contribution in [1.82, 2.24) is 19.5 Å². The molecule has 3 N–H and O–H groups in total. The van der Waals surface area contributed by atoms with E-state index < -0.39 is 11.9 Å². The summed E-state index contributed by atoms with van der Waals surface area (Å²) in [6.07, 6.45) is 9.88. The van der Waals surface area contributed by atoms with E-state index in [-0.39, 0.29) is 12.8 Å². The summed E-state index contributed by atoms with van der Waals surface area (Å²) in [5.74, 6) is -2.15. The summed E-state index contributed by atoms with van der Waals surface area (Å²) in [6.45, 7) is 0. The third-order valence-electron chi connectivity index (χ3n) is 1.60. The summed E-state index contributed by atoms with van der Waals surface area (Å²) in [6, 6.07) is 0. The molecule has 104 valence electrons. The minimum atomic E-state index is -1.08. The zero-order valence-corrected chi connectivity index (χ0v) is 10.4. The second-order valence-corrected chi connectivity index (χ2v) is 3.28. The molecule has 0 amide bonds. The smallest absolute Gasteiger partial charge is 0.303 e. The fourth-order valence-corrected chi connectivity index (χ4v) is 0.755. The molecule has 0 aliphatic rings. The van der Waals surface area contributed by atoms with Crippen LogP contribution in [0.3, 0.4) is 0 Å². The molecule has 19 heavy (non-hydrogen) atoms. The number of hydrogen-bond donors (Lipinski definition) is 3. The number of aliphatic carboxylic acids is 2. The van der Waals surface area contributed by atoms with E-state index >= 15 is 0 Å². The fourth-order valence-electron chi connectivity index (χ4n) is 0.755. The largest absolute Gasteiger partial charge is 0.481 e. The Kier molecular flexibility index (Phi) is 9.05. The molecule has 0 aliphatic carbocycles. The first-order valence-electron chi connectivity index (χ1n) is 5.30. The molecule has 0 atom stereocenters. The van der Waals surface area contributed by atoms with Crippen molar-refractivity contribution in [2.24, 2.45) is 7.05 Å². The van der Waals surface area contributed by atoms with E-state index in [0.29, 0.717) is 0 Å². The van der Waals surface area contributed by atoms with Gasteiger partial charge in [-0.1, -0.05) is 0 Å². The number of H-pyrrole nitrogens is 1. The maximum absolute atomic E-state index is 9.64. The normalized spacial score (nSPS) is 8.47. The Hall–Kier alpha value is -2.64. The van der Waals surface area contributed by atoms with Gasteiger partial charge in [-0.15, -0.1) is 0 Å². The van der Waals surface area contributed by atoms with Crippen molar-refractivity contribution in [3.63, 3.8) is 0 Å². The van der Waals surface area contributed by atoms with Crippen LogP contribution >= 0.6 is 0 Å². The molecule has 2 aromatic heterocycles.